The Morgan fingerprint density at radius 3 is 2.85 bits per heavy atom. The summed E-state index contributed by atoms with van der Waals surface area (Å²) in [6.45, 7) is -0.00987. The van der Waals surface area contributed by atoms with Gasteiger partial charge in [-0.1, -0.05) is 6.07 Å². The molecule has 0 aliphatic heterocycles. The van der Waals surface area contributed by atoms with Crippen LogP contribution in [-0.4, -0.2) is 27.5 Å². The van der Waals surface area contributed by atoms with Crippen LogP contribution in [0, 0.1) is 0 Å². The molecular weight excluding hydrogens is 368 g/mol. The number of carbonyl (C=O) groups excluding carboxylic acids is 1. The highest BCUT2D eigenvalue weighted by atomic mass is 32.1. The molecule has 0 unspecified atom stereocenters. The fraction of sp³-hybridized carbons (Fsp3) is 0.389. The molecule has 0 bridgehead atoms. The van der Waals surface area contributed by atoms with Crippen molar-refractivity contribution in [1.82, 2.24) is 14.9 Å². The van der Waals surface area contributed by atoms with E-state index in [2.05, 4.69) is 10.3 Å². The average molecular weight is 389 g/mol. The van der Waals surface area contributed by atoms with Crippen LogP contribution in [0.5, 0.6) is 0 Å². The molecule has 0 aromatic carbocycles. The molecule has 1 saturated carbocycles. The number of nitrogens with one attached hydrogen (secondary N) is 1. The molecular formula is C18H20N4O2S2. The molecule has 0 radical (unpaired) electrons. The summed E-state index contributed by atoms with van der Waals surface area (Å²) in [5.41, 5.74) is 6.63. The summed E-state index contributed by atoms with van der Waals surface area (Å²) in [6, 6.07) is 4.34. The summed E-state index contributed by atoms with van der Waals surface area (Å²) in [5, 5.41) is 7.56. The monoisotopic (exact) mass is 388 g/mol. The minimum Gasteiger partial charge on any atom is -0.352 e. The van der Waals surface area contributed by atoms with E-state index in [0.717, 1.165) is 36.1 Å². The van der Waals surface area contributed by atoms with Gasteiger partial charge in [0.15, 0.2) is 0 Å². The van der Waals surface area contributed by atoms with Crippen molar-refractivity contribution in [3.8, 4) is 10.4 Å². The fourth-order valence-corrected chi connectivity index (χ4v) is 5.11. The van der Waals surface area contributed by atoms with E-state index in [1.54, 1.807) is 11.3 Å². The van der Waals surface area contributed by atoms with Crippen molar-refractivity contribution in [2.75, 3.05) is 0 Å². The Morgan fingerprint density at radius 1 is 1.31 bits per heavy atom. The first-order chi connectivity index (χ1) is 12.6. The van der Waals surface area contributed by atoms with Gasteiger partial charge in [-0.05, 0) is 37.1 Å². The van der Waals surface area contributed by atoms with Gasteiger partial charge in [-0.3, -0.25) is 14.2 Å². The molecule has 3 aromatic rings. The molecule has 3 heterocycles. The maximum absolute atomic E-state index is 12.9. The zero-order valence-electron chi connectivity index (χ0n) is 14.2. The number of thiophene rings is 2. The third-order valence-corrected chi connectivity index (χ3v) is 6.59. The number of amides is 1. The SMILES string of the molecule is NC1CCC(NC(=O)Cn2cnc3scc(-c4cccs4)c3c2=O)CC1. The molecule has 26 heavy (non-hydrogen) atoms. The van der Waals surface area contributed by atoms with Gasteiger partial charge in [-0.25, -0.2) is 4.98 Å². The first-order valence-electron chi connectivity index (χ1n) is 8.67. The number of nitrogens with two attached hydrogens (primary N) is 1. The number of aromatic nitrogens is 2. The van der Waals surface area contributed by atoms with Crippen LogP contribution in [0.15, 0.2) is 34.0 Å². The summed E-state index contributed by atoms with van der Waals surface area (Å²) in [5.74, 6) is -0.151. The number of hydrogen-bond donors (Lipinski definition) is 2. The van der Waals surface area contributed by atoms with Crippen molar-refractivity contribution in [3.05, 3.63) is 39.6 Å². The Bertz CT molecular complexity index is 969. The van der Waals surface area contributed by atoms with E-state index in [1.165, 1.54) is 22.2 Å². The van der Waals surface area contributed by atoms with E-state index < -0.39 is 0 Å². The van der Waals surface area contributed by atoms with E-state index in [1.807, 2.05) is 22.9 Å². The molecule has 0 atom stereocenters. The first kappa shape index (κ1) is 17.4. The van der Waals surface area contributed by atoms with Crippen LogP contribution in [0.2, 0.25) is 0 Å². The number of fused-ring (bicyclic) bond motifs is 1. The molecule has 1 aliphatic rings. The molecule has 1 aliphatic carbocycles. The van der Waals surface area contributed by atoms with Gasteiger partial charge in [0, 0.05) is 27.9 Å². The van der Waals surface area contributed by atoms with Crippen molar-refractivity contribution in [3.63, 3.8) is 0 Å². The quantitative estimate of drug-likeness (QED) is 0.719. The lowest BCUT2D eigenvalue weighted by Gasteiger charge is -2.26. The second-order valence-electron chi connectivity index (χ2n) is 6.66. The van der Waals surface area contributed by atoms with E-state index in [4.69, 9.17) is 5.73 Å². The molecule has 3 N–H and O–H groups in total. The second kappa shape index (κ2) is 7.30. The molecule has 1 fully saturated rings. The highest BCUT2D eigenvalue weighted by Crippen LogP contribution is 2.33. The third kappa shape index (κ3) is 3.44. The van der Waals surface area contributed by atoms with Gasteiger partial charge in [0.25, 0.3) is 5.56 Å². The highest BCUT2D eigenvalue weighted by molar-refractivity contribution is 7.18. The number of rotatable bonds is 4. The van der Waals surface area contributed by atoms with Crippen LogP contribution in [0.4, 0.5) is 0 Å². The summed E-state index contributed by atoms with van der Waals surface area (Å²) in [4.78, 5) is 31.4. The molecule has 3 aromatic heterocycles. The molecule has 0 saturated heterocycles. The molecule has 4 rings (SSSR count). The maximum Gasteiger partial charge on any atom is 0.263 e. The fourth-order valence-electron chi connectivity index (χ4n) is 3.38. The Balaban J connectivity index is 1.55. The topological polar surface area (TPSA) is 90.0 Å². The predicted molar refractivity (Wildman–Crippen MR) is 106 cm³/mol. The lowest BCUT2D eigenvalue weighted by atomic mass is 9.92. The van der Waals surface area contributed by atoms with Gasteiger partial charge in [0.1, 0.15) is 11.4 Å². The zero-order valence-corrected chi connectivity index (χ0v) is 15.8. The zero-order chi connectivity index (χ0) is 18.1. The van der Waals surface area contributed by atoms with Gasteiger partial charge in [-0.15, -0.1) is 22.7 Å². The Hall–Kier alpha value is -2.03. The van der Waals surface area contributed by atoms with Crippen molar-refractivity contribution < 1.29 is 4.79 Å². The number of hydrogen-bond acceptors (Lipinski definition) is 6. The summed E-state index contributed by atoms with van der Waals surface area (Å²) >= 11 is 3.04. The largest absolute Gasteiger partial charge is 0.352 e. The van der Waals surface area contributed by atoms with Crippen LogP contribution in [0.1, 0.15) is 25.7 Å². The van der Waals surface area contributed by atoms with Crippen LogP contribution < -0.4 is 16.6 Å². The number of carbonyl (C=O) groups is 1. The van der Waals surface area contributed by atoms with E-state index in [-0.39, 0.29) is 30.1 Å². The van der Waals surface area contributed by atoms with Crippen LogP contribution in [0.3, 0.4) is 0 Å². The minimum atomic E-state index is -0.166. The Kier molecular flexibility index (Phi) is 4.88. The Morgan fingerprint density at radius 2 is 2.12 bits per heavy atom. The van der Waals surface area contributed by atoms with Crippen molar-refractivity contribution in [1.29, 1.82) is 0 Å². The molecule has 1 amide bonds. The van der Waals surface area contributed by atoms with Gasteiger partial charge in [0.05, 0.1) is 11.7 Å². The van der Waals surface area contributed by atoms with Crippen molar-refractivity contribution in [2.45, 2.75) is 44.3 Å². The van der Waals surface area contributed by atoms with E-state index >= 15 is 0 Å². The van der Waals surface area contributed by atoms with Crippen molar-refractivity contribution in [2.24, 2.45) is 5.73 Å². The Labute approximate surface area is 158 Å². The number of nitrogens with zero attached hydrogens (tertiary/aromatic N) is 2. The normalized spacial score (nSPS) is 20.3. The standard InChI is InChI=1S/C18H20N4O2S2/c19-11-3-5-12(6-4-11)21-15(23)8-22-10-20-17-16(18(22)24)13(9-26-17)14-2-1-7-25-14/h1-2,7,9-12H,3-6,8,19H2,(H,21,23). The second-order valence-corrected chi connectivity index (χ2v) is 8.47. The minimum absolute atomic E-state index is 0.00987. The van der Waals surface area contributed by atoms with Gasteiger partial charge >= 0.3 is 0 Å². The van der Waals surface area contributed by atoms with E-state index in [0.29, 0.717) is 10.2 Å². The molecule has 136 valence electrons. The van der Waals surface area contributed by atoms with Crippen LogP contribution in [-0.2, 0) is 11.3 Å². The first-order valence-corrected chi connectivity index (χ1v) is 10.4. The summed E-state index contributed by atoms with van der Waals surface area (Å²) in [6.07, 6.45) is 5.11. The summed E-state index contributed by atoms with van der Waals surface area (Å²) < 4.78 is 1.40. The smallest absolute Gasteiger partial charge is 0.263 e. The van der Waals surface area contributed by atoms with Crippen LogP contribution >= 0.6 is 22.7 Å². The lowest BCUT2D eigenvalue weighted by Crippen LogP contribution is -2.42. The molecule has 8 heteroatoms. The molecule has 0 spiro atoms. The third-order valence-electron chi connectivity index (χ3n) is 4.80. The van der Waals surface area contributed by atoms with Gasteiger partial charge in [0.2, 0.25) is 5.91 Å². The highest BCUT2D eigenvalue weighted by Gasteiger charge is 2.21. The van der Waals surface area contributed by atoms with E-state index in [9.17, 15) is 9.59 Å². The maximum atomic E-state index is 12.9. The lowest BCUT2D eigenvalue weighted by molar-refractivity contribution is -0.122. The predicted octanol–water partition coefficient (Wildman–Crippen LogP) is 2.57. The average Bonchev–Trinajstić information content (AvgIpc) is 3.29. The van der Waals surface area contributed by atoms with Crippen molar-refractivity contribution >= 4 is 38.8 Å². The van der Waals surface area contributed by atoms with Gasteiger partial charge < -0.3 is 11.1 Å². The summed E-state index contributed by atoms with van der Waals surface area (Å²) in [7, 11) is 0. The van der Waals surface area contributed by atoms with Gasteiger partial charge in [-0.2, -0.15) is 0 Å². The van der Waals surface area contributed by atoms with Crippen LogP contribution in [0.25, 0.3) is 20.7 Å². The molecule has 6 nitrogen and oxygen atoms in total.